The van der Waals surface area contributed by atoms with Gasteiger partial charge in [-0.15, -0.1) is 0 Å². The first-order chi connectivity index (χ1) is 14.9. The molecule has 0 saturated carbocycles. The highest BCUT2D eigenvalue weighted by Gasteiger charge is 2.17. The zero-order valence-electron chi connectivity index (χ0n) is 15.8. The van der Waals surface area contributed by atoms with Crippen LogP contribution in [0.25, 0.3) is 5.69 Å². The van der Waals surface area contributed by atoms with Gasteiger partial charge in [-0.1, -0.05) is 17.4 Å². The molecule has 2 aromatic heterocycles. The molecule has 0 aliphatic heterocycles. The fourth-order valence-electron chi connectivity index (χ4n) is 2.83. The average molecular weight is 443 g/mol. The molecule has 0 spiro atoms. The van der Waals surface area contributed by atoms with Crippen LogP contribution in [0.3, 0.4) is 0 Å². The Balaban J connectivity index is 1.62. The summed E-state index contributed by atoms with van der Waals surface area (Å²) in [7, 11) is 0. The van der Waals surface area contributed by atoms with Gasteiger partial charge in [-0.25, -0.2) is 22.9 Å². The number of rotatable bonds is 5. The highest BCUT2D eigenvalue weighted by atomic mass is 32.1. The number of halogens is 3. The largest absolute Gasteiger partial charge is 0.440 e. The Hall–Kier alpha value is -3.91. The van der Waals surface area contributed by atoms with Crippen molar-refractivity contribution in [3.05, 3.63) is 86.9 Å². The van der Waals surface area contributed by atoms with E-state index in [1.165, 1.54) is 18.2 Å². The Morgan fingerprint density at radius 1 is 1.16 bits per heavy atom. The van der Waals surface area contributed by atoms with Crippen molar-refractivity contribution < 1.29 is 17.9 Å². The van der Waals surface area contributed by atoms with E-state index in [0.717, 1.165) is 45.1 Å². The first kappa shape index (κ1) is 20.4. The van der Waals surface area contributed by atoms with Crippen molar-refractivity contribution >= 4 is 11.3 Å². The van der Waals surface area contributed by atoms with E-state index in [2.05, 4.69) is 10.1 Å². The molecule has 156 valence electrons. The standard InChI is InChI=1S/C20H12F3N5O2S/c1-11-26-17(8-24)19(31-11)30-18-6-5-12(7-16(18)23)28-20(29)27(10-25-28)9-13-14(21)3-2-4-15(13)22/h2-7,10H,9H2,1H3. The van der Waals surface area contributed by atoms with Crippen LogP contribution in [0.5, 0.6) is 10.8 Å². The van der Waals surface area contributed by atoms with E-state index in [1.807, 2.05) is 6.07 Å². The van der Waals surface area contributed by atoms with Crippen molar-refractivity contribution in [3.63, 3.8) is 0 Å². The highest BCUT2D eigenvalue weighted by molar-refractivity contribution is 7.13. The minimum atomic E-state index is -0.797. The number of ether oxygens (including phenoxy) is 1. The van der Waals surface area contributed by atoms with Gasteiger partial charge in [0.1, 0.15) is 24.0 Å². The van der Waals surface area contributed by atoms with Crippen molar-refractivity contribution in [1.29, 1.82) is 5.26 Å². The van der Waals surface area contributed by atoms with Gasteiger partial charge in [0.25, 0.3) is 0 Å². The molecule has 2 aromatic carbocycles. The number of nitrogens with zero attached hydrogens (tertiary/aromatic N) is 5. The lowest BCUT2D eigenvalue weighted by atomic mass is 10.2. The molecule has 2 heterocycles. The Bertz CT molecular complexity index is 1370. The third-order valence-electron chi connectivity index (χ3n) is 4.30. The molecule has 0 atom stereocenters. The molecule has 11 heteroatoms. The summed E-state index contributed by atoms with van der Waals surface area (Å²) in [5.41, 5.74) is -0.863. The molecule has 0 fully saturated rings. The van der Waals surface area contributed by atoms with Gasteiger partial charge in [0, 0.05) is 11.6 Å². The van der Waals surface area contributed by atoms with E-state index in [9.17, 15) is 18.0 Å². The van der Waals surface area contributed by atoms with Crippen LogP contribution < -0.4 is 10.4 Å². The number of aryl methyl sites for hydroxylation is 1. The number of thiazole rings is 1. The molecule has 0 amide bonds. The predicted octanol–water partition coefficient (Wildman–Crippen LogP) is 3.93. The van der Waals surface area contributed by atoms with Crippen molar-refractivity contribution in [2.75, 3.05) is 0 Å². The van der Waals surface area contributed by atoms with E-state index in [0.29, 0.717) is 5.01 Å². The number of hydrogen-bond acceptors (Lipinski definition) is 6. The van der Waals surface area contributed by atoms with Crippen molar-refractivity contribution in [2.24, 2.45) is 0 Å². The lowest BCUT2D eigenvalue weighted by Gasteiger charge is -2.07. The van der Waals surface area contributed by atoms with Crippen LogP contribution in [-0.2, 0) is 6.54 Å². The van der Waals surface area contributed by atoms with Gasteiger partial charge < -0.3 is 4.74 Å². The zero-order chi connectivity index (χ0) is 22.1. The maximum absolute atomic E-state index is 14.6. The molecule has 0 unspecified atom stereocenters. The Labute approximate surface area is 177 Å². The van der Waals surface area contributed by atoms with Gasteiger partial charge in [0.2, 0.25) is 5.06 Å². The normalized spacial score (nSPS) is 10.8. The van der Waals surface area contributed by atoms with E-state index >= 15 is 0 Å². The first-order valence-electron chi connectivity index (χ1n) is 8.80. The van der Waals surface area contributed by atoms with Crippen LogP contribution in [-0.4, -0.2) is 19.3 Å². The van der Waals surface area contributed by atoms with Gasteiger partial charge in [0.05, 0.1) is 17.2 Å². The van der Waals surface area contributed by atoms with E-state index in [4.69, 9.17) is 10.00 Å². The second kappa shape index (κ2) is 8.08. The SMILES string of the molecule is Cc1nc(C#N)c(Oc2ccc(-n3ncn(Cc4c(F)cccc4F)c3=O)cc2F)s1. The summed E-state index contributed by atoms with van der Waals surface area (Å²) < 4.78 is 49.6. The van der Waals surface area contributed by atoms with Crippen molar-refractivity contribution in [3.8, 4) is 22.6 Å². The summed E-state index contributed by atoms with van der Waals surface area (Å²) in [5.74, 6) is -2.54. The quantitative estimate of drug-likeness (QED) is 0.467. The molecule has 4 rings (SSSR count). The monoisotopic (exact) mass is 443 g/mol. The molecule has 0 aliphatic carbocycles. The molecule has 0 aliphatic rings. The molecule has 0 saturated heterocycles. The number of benzene rings is 2. The molecule has 7 nitrogen and oxygen atoms in total. The van der Waals surface area contributed by atoms with Gasteiger partial charge >= 0.3 is 5.69 Å². The number of hydrogen-bond donors (Lipinski definition) is 0. The van der Waals surface area contributed by atoms with Crippen LogP contribution in [0.2, 0.25) is 0 Å². The lowest BCUT2D eigenvalue weighted by Crippen LogP contribution is -2.24. The summed E-state index contributed by atoms with van der Waals surface area (Å²) in [4.78, 5) is 16.6. The Kier molecular flexibility index (Phi) is 5.31. The maximum atomic E-state index is 14.6. The molecular formula is C20H12F3N5O2S. The summed E-state index contributed by atoms with van der Waals surface area (Å²) >= 11 is 1.10. The third kappa shape index (κ3) is 3.93. The minimum absolute atomic E-state index is 0.0429. The third-order valence-corrected chi connectivity index (χ3v) is 5.14. The van der Waals surface area contributed by atoms with Crippen LogP contribution in [0.15, 0.2) is 47.5 Å². The summed E-state index contributed by atoms with van der Waals surface area (Å²) in [6.07, 6.45) is 1.11. The van der Waals surface area contributed by atoms with E-state index < -0.39 is 23.1 Å². The van der Waals surface area contributed by atoms with Crippen LogP contribution in [0.1, 0.15) is 16.3 Å². The molecular weight excluding hydrogens is 431 g/mol. The van der Waals surface area contributed by atoms with Gasteiger partial charge in [-0.2, -0.15) is 15.0 Å². The summed E-state index contributed by atoms with van der Waals surface area (Å²) in [5, 5.41) is 13.7. The predicted molar refractivity (Wildman–Crippen MR) is 105 cm³/mol. The Morgan fingerprint density at radius 2 is 1.90 bits per heavy atom. The topological polar surface area (TPSA) is 85.7 Å². The molecule has 31 heavy (non-hydrogen) atoms. The second-order valence-electron chi connectivity index (χ2n) is 6.35. The number of aromatic nitrogens is 4. The molecule has 0 radical (unpaired) electrons. The van der Waals surface area contributed by atoms with Crippen molar-refractivity contribution in [1.82, 2.24) is 19.3 Å². The first-order valence-corrected chi connectivity index (χ1v) is 9.61. The van der Waals surface area contributed by atoms with E-state index in [1.54, 1.807) is 6.92 Å². The molecule has 4 aromatic rings. The van der Waals surface area contributed by atoms with Crippen LogP contribution in [0, 0.1) is 35.7 Å². The van der Waals surface area contributed by atoms with Crippen LogP contribution >= 0.6 is 11.3 Å². The second-order valence-corrected chi connectivity index (χ2v) is 7.52. The summed E-state index contributed by atoms with van der Waals surface area (Å²) in [6.45, 7) is 1.32. The Morgan fingerprint density at radius 3 is 2.58 bits per heavy atom. The lowest BCUT2D eigenvalue weighted by molar-refractivity contribution is 0.450. The van der Waals surface area contributed by atoms with E-state index in [-0.39, 0.29) is 34.3 Å². The number of nitriles is 1. The fraction of sp³-hybridized carbons (Fsp3) is 0.100. The van der Waals surface area contributed by atoms with Gasteiger partial charge in [0.15, 0.2) is 17.3 Å². The van der Waals surface area contributed by atoms with Gasteiger partial charge in [-0.3, -0.25) is 4.57 Å². The molecule has 0 bridgehead atoms. The summed E-state index contributed by atoms with van der Waals surface area (Å²) in [6, 6.07) is 8.96. The van der Waals surface area contributed by atoms with Crippen LogP contribution in [0.4, 0.5) is 13.2 Å². The molecule has 0 N–H and O–H groups in total. The fourth-order valence-corrected chi connectivity index (χ4v) is 3.55. The highest BCUT2D eigenvalue weighted by Crippen LogP contribution is 2.33. The average Bonchev–Trinajstić information content (AvgIpc) is 3.28. The maximum Gasteiger partial charge on any atom is 0.350 e. The minimum Gasteiger partial charge on any atom is -0.440 e. The zero-order valence-corrected chi connectivity index (χ0v) is 16.7. The van der Waals surface area contributed by atoms with Gasteiger partial charge in [-0.05, 0) is 31.2 Å². The van der Waals surface area contributed by atoms with Crippen molar-refractivity contribution in [2.45, 2.75) is 13.5 Å². The smallest absolute Gasteiger partial charge is 0.350 e.